The van der Waals surface area contributed by atoms with Gasteiger partial charge < -0.3 is 10.1 Å². The first kappa shape index (κ1) is 17.5. The van der Waals surface area contributed by atoms with Crippen molar-refractivity contribution in [2.45, 2.75) is 45.8 Å². The Labute approximate surface area is 133 Å². The summed E-state index contributed by atoms with van der Waals surface area (Å²) < 4.78 is 6.01. The SMILES string of the molecule is C[C@H](CC(=O)NC(=O)OC(C)(C)C)Nc1ccc(Br)cc1. The number of hydrogen-bond donors (Lipinski definition) is 2. The summed E-state index contributed by atoms with van der Waals surface area (Å²) in [6.07, 6.45) is -0.543. The van der Waals surface area contributed by atoms with Crippen molar-refractivity contribution in [3.05, 3.63) is 28.7 Å². The van der Waals surface area contributed by atoms with Gasteiger partial charge in [0.25, 0.3) is 0 Å². The van der Waals surface area contributed by atoms with E-state index < -0.39 is 11.7 Å². The molecule has 5 nitrogen and oxygen atoms in total. The normalized spacial score (nSPS) is 12.4. The van der Waals surface area contributed by atoms with Gasteiger partial charge in [-0.3, -0.25) is 10.1 Å². The molecule has 0 unspecified atom stereocenters. The summed E-state index contributed by atoms with van der Waals surface area (Å²) in [7, 11) is 0. The molecule has 2 amide bonds. The number of halogens is 1. The van der Waals surface area contributed by atoms with Crippen LogP contribution in [-0.4, -0.2) is 23.6 Å². The molecular formula is C15H21BrN2O3. The van der Waals surface area contributed by atoms with Gasteiger partial charge in [-0.2, -0.15) is 0 Å². The largest absolute Gasteiger partial charge is 0.444 e. The van der Waals surface area contributed by atoms with Gasteiger partial charge in [0, 0.05) is 22.6 Å². The summed E-state index contributed by atoms with van der Waals surface area (Å²) in [6.45, 7) is 7.11. The Morgan fingerprint density at radius 1 is 1.24 bits per heavy atom. The van der Waals surface area contributed by atoms with Crippen LogP contribution in [0.5, 0.6) is 0 Å². The lowest BCUT2D eigenvalue weighted by molar-refractivity contribution is -0.120. The molecular weight excluding hydrogens is 336 g/mol. The van der Waals surface area contributed by atoms with E-state index in [0.717, 1.165) is 10.2 Å². The van der Waals surface area contributed by atoms with Gasteiger partial charge in [-0.1, -0.05) is 15.9 Å². The predicted octanol–water partition coefficient (Wildman–Crippen LogP) is 3.69. The molecule has 2 N–H and O–H groups in total. The highest BCUT2D eigenvalue weighted by atomic mass is 79.9. The second-order valence-electron chi connectivity index (χ2n) is 5.81. The second-order valence-corrected chi connectivity index (χ2v) is 6.72. The van der Waals surface area contributed by atoms with Crippen LogP contribution in [0.3, 0.4) is 0 Å². The van der Waals surface area contributed by atoms with E-state index in [4.69, 9.17) is 4.74 Å². The topological polar surface area (TPSA) is 67.4 Å². The van der Waals surface area contributed by atoms with E-state index in [1.807, 2.05) is 31.2 Å². The monoisotopic (exact) mass is 356 g/mol. The van der Waals surface area contributed by atoms with Gasteiger partial charge in [-0.15, -0.1) is 0 Å². The lowest BCUT2D eigenvalue weighted by atomic mass is 10.2. The molecule has 1 aromatic carbocycles. The second kappa shape index (κ2) is 7.45. The van der Waals surface area contributed by atoms with Crippen LogP contribution in [0.15, 0.2) is 28.7 Å². The Kier molecular flexibility index (Phi) is 6.20. The van der Waals surface area contributed by atoms with E-state index in [-0.39, 0.29) is 18.4 Å². The van der Waals surface area contributed by atoms with Crippen LogP contribution in [0, 0.1) is 0 Å². The van der Waals surface area contributed by atoms with E-state index in [1.165, 1.54) is 0 Å². The molecule has 0 aromatic heterocycles. The fourth-order valence-corrected chi connectivity index (χ4v) is 1.89. The molecule has 1 aromatic rings. The van der Waals surface area contributed by atoms with Gasteiger partial charge in [0.2, 0.25) is 5.91 Å². The zero-order valence-corrected chi connectivity index (χ0v) is 14.3. The molecule has 1 rings (SSSR count). The molecule has 0 fully saturated rings. The summed E-state index contributed by atoms with van der Waals surface area (Å²) in [5.74, 6) is -0.374. The maximum atomic E-state index is 11.7. The van der Waals surface area contributed by atoms with Crippen molar-refractivity contribution in [1.29, 1.82) is 0 Å². The summed E-state index contributed by atoms with van der Waals surface area (Å²) in [4.78, 5) is 23.2. The number of benzene rings is 1. The van der Waals surface area contributed by atoms with Crippen LogP contribution in [0.1, 0.15) is 34.1 Å². The average molecular weight is 357 g/mol. The zero-order valence-electron chi connectivity index (χ0n) is 12.7. The minimum Gasteiger partial charge on any atom is -0.444 e. The fourth-order valence-electron chi connectivity index (χ4n) is 1.63. The minimum atomic E-state index is -0.719. The van der Waals surface area contributed by atoms with Crippen molar-refractivity contribution in [2.75, 3.05) is 5.32 Å². The standard InChI is InChI=1S/C15H21BrN2O3/c1-10(17-12-7-5-11(16)6-8-12)9-13(19)18-14(20)21-15(2,3)4/h5-8,10,17H,9H2,1-4H3,(H,18,19,20)/t10-/m1/s1. The first-order valence-electron chi connectivity index (χ1n) is 6.70. The van der Waals surface area contributed by atoms with E-state index in [0.29, 0.717) is 0 Å². The smallest absolute Gasteiger partial charge is 0.414 e. The van der Waals surface area contributed by atoms with E-state index in [9.17, 15) is 9.59 Å². The van der Waals surface area contributed by atoms with Crippen molar-refractivity contribution in [2.24, 2.45) is 0 Å². The highest BCUT2D eigenvalue weighted by Crippen LogP contribution is 2.15. The Morgan fingerprint density at radius 2 is 1.81 bits per heavy atom. The molecule has 0 saturated heterocycles. The molecule has 116 valence electrons. The highest BCUT2D eigenvalue weighted by Gasteiger charge is 2.19. The molecule has 0 aliphatic rings. The third-order valence-electron chi connectivity index (χ3n) is 2.39. The maximum absolute atomic E-state index is 11.7. The van der Waals surface area contributed by atoms with Gasteiger partial charge >= 0.3 is 6.09 Å². The van der Waals surface area contributed by atoms with E-state index in [2.05, 4.69) is 26.6 Å². The van der Waals surface area contributed by atoms with Gasteiger partial charge in [0.15, 0.2) is 0 Å². The summed E-state index contributed by atoms with van der Waals surface area (Å²) >= 11 is 3.36. The third kappa shape index (κ3) is 7.70. The number of hydrogen-bond acceptors (Lipinski definition) is 4. The molecule has 21 heavy (non-hydrogen) atoms. The molecule has 0 radical (unpaired) electrons. The van der Waals surface area contributed by atoms with Crippen LogP contribution in [0.25, 0.3) is 0 Å². The highest BCUT2D eigenvalue weighted by molar-refractivity contribution is 9.10. The third-order valence-corrected chi connectivity index (χ3v) is 2.92. The molecule has 0 heterocycles. The summed E-state index contributed by atoms with van der Waals surface area (Å²) in [5.41, 5.74) is 0.293. The summed E-state index contributed by atoms with van der Waals surface area (Å²) in [5, 5.41) is 5.40. The van der Waals surface area contributed by atoms with Crippen LogP contribution in [0.2, 0.25) is 0 Å². The maximum Gasteiger partial charge on any atom is 0.414 e. The number of carbonyl (C=O) groups is 2. The van der Waals surface area contributed by atoms with Crippen LogP contribution in [-0.2, 0) is 9.53 Å². The zero-order chi connectivity index (χ0) is 16.0. The lowest BCUT2D eigenvalue weighted by Crippen LogP contribution is -2.38. The number of carbonyl (C=O) groups excluding carboxylic acids is 2. The molecule has 0 aliphatic heterocycles. The van der Waals surface area contributed by atoms with Crippen LogP contribution in [0.4, 0.5) is 10.5 Å². The number of nitrogens with one attached hydrogen (secondary N) is 2. The first-order chi connectivity index (χ1) is 9.65. The first-order valence-corrected chi connectivity index (χ1v) is 7.50. The Morgan fingerprint density at radius 3 is 2.33 bits per heavy atom. The lowest BCUT2D eigenvalue weighted by Gasteiger charge is -2.20. The van der Waals surface area contributed by atoms with Crippen molar-refractivity contribution in [3.8, 4) is 0 Å². The molecule has 6 heteroatoms. The Bertz CT molecular complexity index is 495. The number of ether oxygens (including phenoxy) is 1. The minimum absolute atomic E-state index is 0.103. The Balaban J connectivity index is 2.40. The number of alkyl carbamates (subject to hydrolysis) is 1. The molecule has 0 bridgehead atoms. The number of anilines is 1. The van der Waals surface area contributed by atoms with Crippen molar-refractivity contribution >= 4 is 33.6 Å². The fraction of sp³-hybridized carbons (Fsp3) is 0.467. The van der Waals surface area contributed by atoms with Gasteiger partial charge in [-0.05, 0) is 52.0 Å². The average Bonchev–Trinajstić information content (AvgIpc) is 2.28. The van der Waals surface area contributed by atoms with Crippen molar-refractivity contribution in [3.63, 3.8) is 0 Å². The van der Waals surface area contributed by atoms with Crippen molar-refractivity contribution in [1.82, 2.24) is 5.32 Å². The van der Waals surface area contributed by atoms with Gasteiger partial charge in [0.05, 0.1) is 0 Å². The number of amides is 2. The Hall–Kier alpha value is -1.56. The molecule has 1 atom stereocenters. The number of rotatable bonds is 4. The predicted molar refractivity (Wildman–Crippen MR) is 86.2 cm³/mol. The molecule has 0 aliphatic carbocycles. The van der Waals surface area contributed by atoms with Gasteiger partial charge in [0.1, 0.15) is 5.60 Å². The molecule has 0 spiro atoms. The van der Waals surface area contributed by atoms with E-state index in [1.54, 1.807) is 20.8 Å². The molecule has 0 saturated carbocycles. The van der Waals surface area contributed by atoms with E-state index >= 15 is 0 Å². The van der Waals surface area contributed by atoms with Gasteiger partial charge in [-0.25, -0.2) is 4.79 Å². The van der Waals surface area contributed by atoms with Crippen molar-refractivity contribution < 1.29 is 14.3 Å². The van der Waals surface area contributed by atoms with Crippen LogP contribution >= 0.6 is 15.9 Å². The van der Waals surface area contributed by atoms with Crippen LogP contribution < -0.4 is 10.6 Å². The quantitative estimate of drug-likeness (QED) is 0.863. The number of imide groups is 1. The summed E-state index contributed by atoms with van der Waals surface area (Å²) in [6, 6.07) is 7.54.